The topological polar surface area (TPSA) is 58.2 Å². The Morgan fingerprint density at radius 3 is 2.61 bits per heavy atom. The van der Waals surface area contributed by atoms with Crippen LogP contribution in [0, 0.1) is 0 Å². The lowest BCUT2D eigenvalue weighted by Crippen LogP contribution is -2.50. The van der Waals surface area contributed by atoms with Gasteiger partial charge in [0.1, 0.15) is 5.54 Å². The first-order chi connectivity index (χ1) is 8.43. The number of amides is 3. The SMILES string of the molecule is CC1(C)CC2(NC(=O)NC2=O)c2ccccc2S1. The van der Waals surface area contributed by atoms with E-state index in [0.717, 1.165) is 10.5 Å². The predicted octanol–water partition coefficient (Wildman–Crippen LogP) is 2.00. The molecule has 0 aromatic heterocycles. The van der Waals surface area contributed by atoms with E-state index in [9.17, 15) is 9.59 Å². The zero-order chi connectivity index (χ0) is 13.0. The van der Waals surface area contributed by atoms with Crippen molar-refractivity contribution in [3.05, 3.63) is 29.8 Å². The molecule has 4 nitrogen and oxygen atoms in total. The fourth-order valence-corrected chi connectivity index (χ4v) is 4.16. The van der Waals surface area contributed by atoms with Gasteiger partial charge >= 0.3 is 6.03 Å². The number of fused-ring (bicyclic) bond motifs is 2. The highest BCUT2D eigenvalue weighted by atomic mass is 32.2. The Morgan fingerprint density at radius 2 is 1.94 bits per heavy atom. The summed E-state index contributed by atoms with van der Waals surface area (Å²) in [5.41, 5.74) is 0.000255. The molecule has 1 fully saturated rings. The molecule has 3 amide bonds. The van der Waals surface area contributed by atoms with Crippen LogP contribution in [0.1, 0.15) is 25.8 Å². The smallest absolute Gasteiger partial charge is 0.319 e. The van der Waals surface area contributed by atoms with Crippen molar-refractivity contribution in [2.75, 3.05) is 0 Å². The van der Waals surface area contributed by atoms with Gasteiger partial charge in [0.05, 0.1) is 0 Å². The van der Waals surface area contributed by atoms with E-state index in [2.05, 4.69) is 24.5 Å². The summed E-state index contributed by atoms with van der Waals surface area (Å²) in [6.07, 6.45) is 0.596. The van der Waals surface area contributed by atoms with Crippen molar-refractivity contribution in [3.8, 4) is 0 Å². The van der Waals surface area contributed by atoms with Crippen LogP contribution in [0.25, 0.3) is 0 Å². The molecule has 3 rings (SSSR count). The zero-order valence-electron chi connectivity index (χ0n) is 10.2. The Hall–Kier alpha value is -1.49. The Balaban J connectivity index is 2.21. The van der Waals surface area contributed by atoms with E-state index in [1.165, 1.54) is 0 Å². The summed E-state index contributed by atoms with van der Waals surface area (Å²) in [7, 11) is 0. The van der Waals surface area contributed by atoms with Gasteiger partial charge < -0.3 is 5.32 Å². The van der Waals surface area contributed by atoms with Crippen molar-refractivity contribution in [3.63, 3.8) is 0 Å². The van der Waals surface area contributed by atoms with Crippen molar-refractivity contribution in [2.24, 2.45) is 0 Å². The average Bonchev–Trinajstić information content (AvgIpc) is 2.52. The van der Waals surface area contributed by atoms with Crippen molar-refractivity contribution < 1.29 is 9.59 Å². The highest BCUT2D eigenvalue weighted by Crippen LogP contribution is 2.50. The van der Waals surface area contributed by atoms with Crippen LogP contribution in [0.15, 0.2) is 29.2 Å². The summed E-state index contributed by atoms with van der Waals surface area (Å²) in [5, 5.41) is 5.18. The number of benzene rings is 1. The van der Waals surface area contributed by atoms with Gasteiger partial charge in [-0.2, -0.15) is 0 Å². The minimum atomic E-state index is -0.900. The molecule has 1 atom stereocenters. The van der Waals surface area contributed by atoms with Gasteiger partial charge in [0.2, 0.25) is 0 Å². The van der Waals surface area contributed by atoms with E-state index in [0.29, 0.717) is 6.42 Å². The molecular formula is C13H14N2O2S. The van der Waals surface area contributed by atoms with Crippen LogP contribution in [-0.4, -0.2) is 16.7 Å². The first-order valence-corrected chi connectivity index (χ1v) is 6.67. The minimum Gasteiger partial charge on any atom is -0.319 e. The van der Waals surface area contributed by atoms with Crippen LogP contribution < -0.4 is 10.6 Å². The van der Waals surface area contributed by atoms with Crippen LogP contribution in [-0.2, 0) is 10.3 Å². The molecule has 0 radical (unpaired) electrons. The van der Waals surface area contributed by atoms with Crippen molar-refractivity contribution >= 4 is 23.7 Å². The molecular weight excluding hydrogens is 248 g/mol. The van der Waals surface area contributed by atoms with Crippen molar-refractivity contribution in [2.45, 2.75) is 35.4 Å². The second-order valence-electron chi connectivity index (χ2n) is 5.35. The van der Waals surface area contributed by atoms with Gasteiger partial charge in [0.25, 0.3) is 5.91 Å². The summed E-state index contributed by atoms with van der Waals surface area (Å²) >= 11 is 1.75. The van der Waals surface area contributed by atoms with E-state index < -0.39 is 11.6 Å². The molecule has 5 heteroatoms. The molecule has 0 aliphatic carbocycles. The van der Waals surface area contributed by atoms with E-state index in [-0.39, 0.29) is 10.7 Å². The molecule has 1 aromatic rings. The molecule has 1 aromatic carbocycles. The van der Waals surface area contributed by atoms with Crippen LogP contribution >= 0.6 is 11.8 Å². The van der Waals surface area contributed by atoms with Gasteiger partial charge in [-0.25, -0.2) is 4.79 Å². The van der Waals surface area contributed by atoms with Gasteiger partial charge in [0, 0.05) is 15.2 Å². The fourth-order valence-electron chi connectivity index (χ4n) is 2.78. The summed E-state index contributed by atoms with van der Waals surface area (Å²) < 4.78 is -0.0939. The second-order valence-corrected chi connectivity index (χ2v) is 7.10. The maximum Gasteiger partial charge on any atom is 0.322 e. The van der Waals surface area contributed by atoms with Gasteiger partial charge in [-0.3, -0.25) is 10.1 Å². The number of urea groups is 1. The number of nitrogens with one attached hydrogen (secondary N) is 2. The molecule has 1 saturated heterocycles. The summed E-state index contributed by atoms with van der Waals surface area (Å²) in [5.74, 6) is -0.242. The second kappa shape index (κ2) is 3.51. The molecule has 18 heavy (non-hydrogen) atoms. The summed E-state index contributed by atoms with van der Waals surface area (Å²) in [4.78, 5) is 24.8. The third-order valence-electron chi connectivity index (χ3n) is 3.37. The first-order valence-electron chi connectivity index (χ1n) is 5.85. The number of carbonyl (C=O) groups is 2. The Morgan fingerprint density at radius 1 is 1.22 bits per heavy atom. The Kier molecular flexibility index (Phi) is 2.26. The number of rotatable bonds is 0. The number of carbonyl (C=O) groups excluding carboxylic acids is 2. The highest BCUT2D eigenvalue weighted by Gasteiger charge is 2.54. The van der Waals surface area contributed by atoms with Crippen molar-refractivity contribution in [1.29, 1.82) is 0 Å². The maximum absolute atomic E-state index is 12.2. The molecule has 2 aliphatic heterocycles. The highest BCUT2D eigenvalue weighted by molar-refractivity contribution is 8.00. The molecule has 2 aliphatic rings. The summed E-state index contributed by atoms with van der Waals surface area (Å²) in [6.45, 7) is 4.18. The molecule has 0 bridgehead atoms. The molecule has 1 spiro atoms. The number of hydrogen-bond acceptors (Lipinski definition) is 3. The lowest BCUT2D eigenvalue weighted by Gasteiger charge is -2.41. The molecule has 0 saturated carbocycles. The predicted molar refractivity (Wildman–Crippen MR) is 69.3 cm³/mol. The van der Waals surface area contributed by atoms with Gasteiger partial charge in [-0.1, -0.05) is 32.0 Å². The third-order valence-corrected chi connectivity index (χ3v) is 4.64. The third kappa shape index (κ3) is 1.54. The van der Waals surface area contributed by atoms with Crippen LogP contribution in [0.3, 0.4) is 0 Å². The lowest BCUT2D eigenvalue weighted by molar-refractivity contribution is -0.124. The van der Waals surface area contributed by atoms with Gasteiger partial charge in [-0.05, 0) is 12.5 Å². The van der Waals surface area contributed by atoms with Crippen LogP contribution in [0.2, 0.25) is 0 Å². The van der Waals surface area contributed by atoms with E-state index >= 15 is 0 Å². The standard InChI is InChI=1S/C13H14N2O2S/c1-12(2)7-13(10(16)14-11(17)15-13)8-5-3-4-6-9(8)18-12/h3-6H,7H2,1-2H3,(H2,14,15,16,17). The summed E-state index contributed by atoms with van der Waals surface area (Å²) in [6, 6.07) is 7.37. The van der Waals surface area contributed by atoms with Crippen LogP contribution in [0.5, 0.6) is 0 Å². The van der Waals surface area contributed by atoms with Crippen LogP contribution in [0.4, 0.5) is 4.79 Å². The largest absolute Gasteiger partial charge is 0.322 e. The normalized spacial score (nSPS) is 28.8. The van der Waals surface area contributed by atoms with Crippen molar-refractivity contribution in [1.82, 2.24) is 10.6 Å². The van der Waals surface area contributed by atoms with Gasteiger partial charge in [0.15, 0.2) is 0 Å². The molecule has 2 N–H and O–H groups in total. The average molecular weight is 262 g/mol. The molecule has 1 unspecified atom stereocenters. The Bertz CT molecular complexity index is 556. The Labute approximate surface area is 110 Å². The van der Waals surface area contributed by atoms with E-state index in [1.54, 1.807) is 11.8 Å². The quantitative estimate of drug-likeness (QED) is 0.703. The molecule has 2 heterocycles. The monoisotopic (exact) mass is 262 g/mol. The molecule has 94 valence electrons. The number of thioether (sulfide) groups is 1. The fraction of sp³-hybridized carbons (Fsp3) is 0.385. The van der Waals surface area contributed by atoms with Gasteiger partial charge in [-0.15, -0.1) is 11.8 Å². The lowest BCUT2D eigenvalue weighted by atomic mass is 9.81. The van der Waals surface area contributed by atoms with E-state index in [1.807, 2.05) is 24.3 Å². The number of imide groups is 1. The first kappa shape index (κ1) is 11.6. The number of hydrogen-bond donors (Lipinski definition) is 2. The maximum atomic E-state index is 12.2. The van der Waals surface area contributed by atoms with E-state index in [4.69, 9.17) is 0 Å². The minimum absolute atomic E-state index is 0.0939. The zero-order valence-corrected chi connectivity index (χ0v) is 11.1.